The predicted octanol–water partition coefficient (Wildman–Crippen LogP) is 3.37. The molecule has 0 fully saturated rings. The molecule has 2 nitrogen and oxygen atoms in total. The second kappa shape index (κ2) is 4.84. The standard InChI is InChI=1S/C12H11N2S/c1-15-12-11(8-5-9-13-12)14-10-6-3-2-4-7-10/h2-9H,1H3. The highest BCUT2D eigenvalue weighted by molar-refractivity contribution is 7.98. The molecule has 1 radical (unpaired) electrons. The smallest absolute Gasteiger partial charge is 0.121 e. The fourth-order valence-corrected chi connectivity index (χ4v) is 1.76. The summed E-state index contributed by atoms with van der Waals surface area (Å²) in [6, 6.07) is 13.8. The van der Waals surface area contributed by atoms with E-state index in [2.05, 4.69) is 10.3 Å². The highest BCUT2D eigenvalue weighted by atomic mass is 32.2. The highest BCUT2D eigenvalue weighted by Crippen LogP contribution is 2.25. The zero-order valence-corrected chi connectivity index (χ0v) is 9.24. The van der Waals surface area contributed by atoms with Crippen molar-refractivity contribution < 1.29 is 0 Å². The van der Waals surface area contributed by atoms with Gasteiger partial charge in [0.05, 0.1) is 11.4 Å². The number of benzene rings is 1. The molecule has 0 saturated carbocycles. The number of aromatic nitrogens is 1. The van der Waals surface area contributed by atoms with Gasteiger partial charge in [-0.15, -0.1) is 11.8 Å². The van der Waals surface area contributed by atoms with Gasteiger partial charge in [-0.3, -0.25) is 0 Å². The molecular formula is C12H11N2S. The Morgan fingerprint density at radius 2 is 1.87 bits per heavy atom. The lowest BCUT2D eigenvalue weighted by atomic mass is 10.3. The molecule has 15 heavy (non-hydrogen) atoms. The SMILES string of the molecule is CSc1ncccc1[N]c1ccccc1. The zero-order valence-electron chi connectivity index (χ0n) is 8.42. The Morgan fingerprint density at radius 3 is 2.60 bits per heavy atom. The van der Waals surface area contributed by atoms with Gasteiger partial charge in [0, 0.05) is 6.20 Å². The van der Waals surface area contributed by atoms with Crippen LogP contribution in [0.3, 0.4) is 0 Å². The molecule has 0 amide bonds. The van der Waals surface area contributed by atoms with Crippen LogP contribution >= 0.6 is 11.8 Å². The zero-order chi connectivity index (χ0) is 10.5. The quantitative estimate of drug-likeness (QED) is 0.734. The maximum atomic E-state index is 4.53. The van der Waals surface area contributed by atoms with Gasteiger partial charge in [0.25, 0.3) is 0 Å². The van der Waals surface area contributed by atoms with Crippen LogP contribution in [0.15, 0.2) is 53.7 Å². The van der Waals surface area contributed by atoms with Crippen LogP contribution in [-0.2, 0) is 0 Å². The molecule has 75 valence electrons. The van der Waals surface area contributed by atoms with Gasteiger partial charge in [0.1, 0.15) is 5.03 Å². The first-order valence-corrected chi connectivity index (χ1v) is 5.88. The van der Waals surface area contributed by atoms with Gasteiger partial charge in [-0.2, -0.15) is 0 Å². The average molecular weight is 215 g/mol. The minimum atomic E-state index is 0.927. The lowest BCUT2D eigenvalue weighted by molar-refractivity contribution is 1.05. The molecule has 2 rings (SSSR count). The van der Waals surface area contributed by atoms with Crippen molar-refractivity contribution in [2.24, 2.45) is 0 Å². The van der Waals surface area contributed by atoms with Crippen molar-refractivity contribution in [1.82, 2.24) is 10.3 Å². The summed E-state index contributed by atoms with van der Waals surface area (Å²) >= 11 is 1.61. The van der Waals surface area contributed by atoms with E-state index < -0.39 is 0 Å². The number of rotatable bonds is 3. The van der Waals surface area contributed by atoms with Crippen molar-refractivity contribution in [1.29, 1.82) is 0 Å². The molecule has 1 aromatic heterocycles. The molecule has 1 heterocycles. The summed E-state index contributed by atoms with van der Waals surface area (Å²) in [5.41, 5.74) is 1.89. The largest absolute Gasteiger partial charge is 0.248 e. The molecule has 0 aliphatic carbocycles. The molecule has 0 saturated heterocycles. The molecule has 0 aliphatic rings. The Hall–Kier alpha value is -1.48. The maximum absolute atomic E-state index is 4.53. The summed E-state index contributed by atoms with van der Waals surface area (Å²) in [5, 5.41) is 5.49. The first kappa shape index (κ1) is 10.1. The summed E-state index contributed by atoms with van der Waals surface area (Å²) in [4.78, 5) is 4.26. The second-order valence-corrected chi connectivity index (χ2v) is 3.77. The van der Waals surface area contributed by atoms with E-state index in [1.54, 1.807) is 18.0 Å². The van der Waals surface area contributed by atoms with Crippen LogP contribution in [0, 0.1) is 0 Å². The second-order valence-electron chi connectivity index (χ2n) is 2.98. The molecule has 0 atom stereocenters. The van der Waals surface area contributed by atoms with Crippen molar-refractivity contribution >= 4 is 23.1 Å². The predicted molar refractivity (Wildman–Crippen MR) is 63.9 cm³/mol. The molecule has 0 spiro atoms. The first-order valence-electron chi connectivity index (χ1n) is 4.66. The summed E-state index contributed by atoms with van der Waals surface area (Å²) in [7, 11) is 0. The molecule has 0 bridgehead atoms. The number of nitrogens with zero attached hydrogens (tertiary/aromatic N) is 2. The monoisotopic (exact) mass is 215 g/mol. The fraction of sp³-hybridized carbons (Fsp3) is 0.0833. The third kappa shape index (κ3) is 2.50. The Kier molecular flexibility index (Phi) is 3.25. The van der Waals surface area contributed by atoms with Gasteiger partial charge in [-0.05, 0) is 30.5 Å². The highest BCUT2D eigenvalue weighted by Gasteiger charge is 2.03. The molecular weight excluding hydrogens is 204 g/mol. The molecule has 0 N–H and O–H groups in total. The number of para-hydroxylation sites is 1. The van der Waals surface area contributed by atoms with Gasteiger partial charge >= 0.3 is 0 Å². The third-order valence-electron chi connectivity index (χ3n) is 1.95. The van der Waals surface area contributed by atoms with Crippen molar-refractivity contribution in [2.75, 3.05) is 6.26 Å². The summed E-state index contributed by atoms with van der Waals surface area (Å²) < 4.78 is 0. The minimum absolute atomic E-state index is 0.927. The van der Waals surface area contributed by atoms with Gasteiger partial charge in [-0.1, -0.05) is 18.2 Å². The normalized spacial score (nSPS) is 9.93. The Bertz CT molecular complexity index is 429. The fourth-order valence-electron chi connectivity index (χ4n) is 1.27. The summed E-state index contributed by atoms with van der Waals surface area (Å²) in [6.07, 6.45) is 3.79. The molecule has 3 heteroatoms. The van der Waals surface area contributed by atoms with E-state index >= 15 is 0 Å². The third-order valence-corrected chi connectivity index (χ3v) is 2.65. The van der Waals surface area contributed by atoms with Crippen LogP contribution in [0.1, 0.15) is 0 Å². The van der Waals surface area contributed by atoms with Gasteiger partial charge in [0.15, 0.2) is 0 Å². The van der Waals surface area contributed by atoms with Crippen molar-refractivity contribution in [3.8, 4) is 0 Å². The van der Waals surface area contributed by atoms with Crippen LogP contribution in [0.5, 0.6) is 0 Å². The van der Waals surface area contributed by atoms with Gasteiger partial charge < -0.3 is 0 Å². The Labute approximate surface area is 93.7 Å². The van der Waals surface area contributed by atoms with E-state index in [1.807, 2.05) is 48.7 Å². The molecule has 2 aromatic rings. The van der Waals surface area contributed by atoms with E-state index in [0.29, 0.717) is 0 Å². The van der Waals surface area contributed by atoms with Crippen LogP contribution in [0.25, 0.3) is 0 Å². The van der Waals surface area contributed by atoms with Gasteiger partial charge in [-0.25, -0.2) is 10.3 Å². The number of pyridine rings is 1. The lowest BCUT2D eigenvalue weighted by Gasteiger charge is -2.05. The van der Waals surface area contributed by atoms with E-state index in [0.717, 1.165) is 16.4 Å². The molecule has 0 aliphatic heterocycles. The average Bonchev–Trinajstić information content (AvgIpc) is 2.31. The Morgan fingerprint density at radius 1 is 1.07 bits per heavy atom. The maximum Gasteiger partial charge on any atom is 0.121 e. The van der Waals surface area contributed by atoms with E-state index in [1.165, 1.54) is 0 Å². The van der Waals surface area contributed by atoms with Crippen molar-refractivity contribution in [3.05, 3.63) is 48.7 Å². The van der Waals surface area contributed by atoms with E-state index in [9.17, 15) is 0 Å². The summed E-state index contributed by atoms with van der Waals surface area (Å²) in [5.74, 6) is 0. The molecule has 0 unspecified atom stereocenters. The lowest BCUT2D eigenvalue weighted by Crippen LogP contribution is -1.92. The Balaban J connectivity index is 2.24. The van der Waals surface area contributed by atoms with Crippen molar-refractivity contribution in [2.45, 2.75) is 5.03 Å². The minimum Gasteiger partial charge on any atom is -0.248 e. The van der Waals surface area contributed by atoms with E-state index in [4.69, 9.17) is 0 Å². The van der Waals surface area contributed by atoms with Crippen LogP contribution in [0.4, 0.5) is 11.4 Å². The molecule has 1 aromatic carbocycles. The number of hydrogen-bond acceptors (Lipinski definition) is 2. The van der Waals surface area contributed by atoms with Gasteiger partial charge in [0.2, 0.25) is 0 Å². The number of hydrogen-bond donors (Lipinski definition) is 0. The van der Waals surface area contributed by atoms with Crippen LogP contribution in [0.2, 0.25) is 0 Å². The topological polar surface area (TPSA) is 27.0 Å². The van der Waals surface area contributed by atoms with E-state index in [-0.39, 0.29) is 0 Å². The van der Waals surface area contributed by atoms with Crippen LogP contribution < -0.4 is 5.32 Å². The number of thioether (sulfide) groups is 1. The summed E-state index contributed by atoms with van der Waals surface area (Å²) in [6.45, 7) is 0. The van der Waals surface area contributed by atoms with Crippen molar-refractivity contribution in [3.63, 3.8) is 0 Å². The van der Waals surface area contributed by atoms with Crippen LogP contribution in [-0.4, -0.2) is 11.2 Å². The first-order chi connectivity index (χ1) is 7.40.